The van der Waals surface area contributed by atoms with E-state index in [9.17, 15) is 4.79 Å². The molecule has 0 N–H and O–H groups in total. The van der Waals surface area contributed by atoms with Crippen molar-refractivity contribution in [1.82, 2.24) is 4.57 Å². The van der Waals surface area contributed by atoms with Gasteiger partial charge in [0.2, 0.25) is 0 Å². The van der Waals surface area contributed by atoms with Crippen molar-refractivity contribution in [3.8, 4) is 5.75 Å². The fourth-order valence-electron chi connectivity index (χ4n) is 2.51. The molecule has 1 amide bonds. The molecule has 0 unspecified atom stereocenters. The number of hydrogen-bond acceptors (Lipinski definition) is 3. The van der Waals surface area contributed by atoms with Crippen LogP contribution in [0.2, 0.25) is 0 Å². The minimum atomic E-state index is -0.219. The summed E-state index contributed by atoms with van der Waals surface area (Å²) in [5.74, 6) is 0.594. The highest BCUT2D eigenvalue weighted by atomic mass is 32.1. The molecular weight excluding hydrogens is 308 g/mol. The smallest absolute Gasteiger partial charge is 0.279 e. The highest BCUT2D eigenvalue weighted by Gasteiger charge is 2.11. The number of hydrogen-bond donors (Lipinski definition) is 0. The maximum Gasteiger partial charge on any atom is 0.279 e. The number of carbonyl (C=O) groups is 1. The van der Waals surface area contributed by atoms with Crippen LogP contribution in [0.25, 0.3) is 10.2 Å². The van der Waals surface area contributed by atoms with Crippen molar-refractivity contribution in [1.29, 1.82) is 0 Å². The summed E-state index contributed by atoms with van der Waals surface area (Å²) in [5, 5.41) is 0. The molecule has 0 aliphatic carbocycles. The fraction of sp³-hybridized carbons (Fsp3) is 0.222. The van der Waals surface area contributed by atoms with Crippen LogP contribution < -0.4 is 9.54 Å². The highest BCUT2D eigenvalue weighted by molar-refractivity contribution is 7.16. The van der Waals surface area contributed by atoms with E-state index in [1.165, 1.54) is 11.3 Å². The molecule has 3 aromatic rings. The number of aromatic nitrogens is 1. The van der Waals surface area contributed by atoms with Gasteiger partial charge in [0, 0.05) is 12.6 Å². The summed E-state index contributed by atoms with van der Waals surface area (Å²) in [5.41, 5.74) is 2.53. The topological polar surface area (TPSA) is 43.6 Å². The quantitative estimate of drug-likeness (QED) is 0.737. The molecule has 4 nitrogen and oxygen atoms in total. The average molecular weight is 326 g/mol. The fourth-order valence-corrected chi connectivity index (χ4v) is 3.54. The van der Waals surface area contributed by atoms with E-state index in [4.69, 9.17) is 4.74 Å². The summed E-state index contributed by atoms with van der Waals surface area (Å²) in [6.45, 7) is 4.47. The van der Waals surface area contributed by atoms with Gasteiger partial charge in [-0.05, 0) is 37.6 Å². The van der Waals surface area contributed by atoms with Crippen molar-refractivity contribution >= 4 is 27.5 Å². The van der Waals surface area contributed by atoms with Crippen LogP contribution in [0.4, 0.5) is 0 Å². The van der Waals surface area contributed by atoms with Crippen LogP contribution in [0.15, 0.2) is 47.5 Å². The Morgan fingerprint density at radius 2 is 2.00 bits per heavy atom. The standard InChI is InChI=1S/C18H18N2O2S/c1-4-22-14-10-7-11-15-16(14)20(3)18(23-15)19-17(21)13-9-6-5-8-12(13)2/h5-11H,4H2,1-3H3. The van der Waals surface area contributed by atoms with Gasteiger partial charge in [0.05, 0.1) is 11.3 Å². The van der Waals surface area contributed by atoms with Gasteiger partial charge in [0.25, 0.3) is 5.91 Å². The van der Waals surface area contributed by atoms with E-state index in [0.29, 0.717) is 17.0 Å². The van der Waals surface area contributed by atoms with Crippen LogP contribution in [-0.4, -0.2) is 17.1 Å². The van der Waals surface area contributed by atoms with E-state index >= 15 is 0 Å². The largest absolute Gasteiger partial charge is 0.492 e. The van der Waals surface area contributed by atoms with Crippen molar-refractivity contribution in [2.24, 2.45) is 12.0 Å². The number of fused-ring (bicyclic) bond motifs is 1. The van der Waals surface area contributed by atoms with Crippen LogP contribution in [0, 0.1) is 6.92 Å². The van der Waals surface area contributed by atoms with Gasteiger partial charge in [-0.15, -0.1) is 0 Å². The van der Waals surface area contributed by atoms with E-state index in [1.807, 2.05) is 61.9 Å². The first-order valence-corrected chi connectivity index (χ1v) is 8.29. The number of carbonyl (C=O) groups excluding carboxylic acids is 1. The first-order chi connectivity index (χ1) is 11.1. The van der Waals surface area contributed by atoms with Crippen molar-refractivity contribution in [3.05, 3.63) is 58.4 Å². The van der Waals surface area contributed by atoms with Gasteiger partial charge in [-0.2, -0.15) is 4.99 Å². The number of ether oxygens (including phenoxy) is 1. The van der Waals surface area contributed by atoms with Crippen LogP contribution >= 0.6 is 11.3 Å². The predicted molar refractivity (Wildman–Crippen MR) is 93.0 cm³/mol. The molecule has 0 saturated heterocycles. The van der Waals surface area contributed by atoms with Gasteiger partial charge >= 0.3 is 0 Å². The molecule has 0 aliphatic rings. The van der Waals surface area contributed by atoms with Gasteiger partial charge in [0.15, 0.2) is 4.80 Å². The third kappa shape index (κ3) is 2.92. The lowest BCUT2D eigenvalue weighted by molar-refractivity contribution is 0.0997. The van der Waals surface area contributed by atoms with Crippen molar-refractivity contribution in [2.45, 2.75) is 13.8 Å². The highest BCUT2D eigenvalue weighted by Crippen LogP contribution is 2.26. The molecule has 0 aliphatic heterocycles. The summed E-state index contributed by atoms with van der Waals surface area (Å²) in [6.07, 6.45) is 0. The zero-order valence-electron chi connectivity index (χ0n) is 13.4. The van der Waals surface area contributed by atoms with Crippen molar-refractivity contribution in [2.75, 3.05) is 6.61 Å². The van der Waals surface area contributed by atoms with E-state index in [0.717, 1.165) is 21.5 Å². The average Bonchev–Trinajstić information content (AvgIpc) is 2.85. The zero-order chi connectivity index (χ0) is 16.4. The number of benzene rings is 2. The first-order valence-electron chi connectivity index (χ1n) is 7.48. The Kier molecular flexibility index (Phi) is 4.30. The predicted octanol–water partition coefficient (Wildman–Crippen LogP) is 3.69. The lowest BCUT2D eigenvalue weighted by Gasteiger charge is -2.05. The number of amides is 1. The summed E-state index contributed by atoms with van der Waals surface area (Å²) < 4.78 is 8.65. The van der Waals surface area contributed by atoms with E-state index in [2.05, 4.69) is 4.99 Å². The molecule has 2 aromatic carbocycles. The van der Waals surface area contributed by atoms with Gasteiger partial charge in [-0.3, -0.25) is 4.79 Å². The molecule has 0 atom stereocenters. The maximum atomic E-state index is 12.5. The molecule has 1 heterocycles. The third-order valence-corrected chi connectivity index (χ3v) is 4.76. The lowest BCUT2D eigenvalue weighted by Crippen LogP contribution is -2.14. The lowest BCUT2D eigenvalue weighted by atomic mass is 10.1. The number of rotatable bonds is 3. The third-order valence-electron chi connectivity index (χ3n) is 3.66. The number of thiazole rings is 1. The first kappa shape index (κ1) is 15.5. The Bertz CT molecular complexity index is 938. The monoisotopic (exact) mass is 326 g/mol. The van der Waals surface area contributed by atoms with Gasteiger partial charge in [0.1, 0.15) is 11.3 Å². The SMILES string of the molecule is CCOc1cccc2sc(=NC(=O)c3ccccc3C)n(C)c12. The Hall–Kier alpha value is -2.40. The summed E-state index contributed by atoms with van der Waals surface area (Å²) in [6, 6.07) is 13.4. The Morgan fingerprint density at radius 3 is 2.74 bits per heavy atom. The molecule has 5 heteroatoms. The van der Waals surface area contributed by atoms with E-state index in [1.54, 1.807) is 6.07 Å². The number of para-hydroxylation sites is 1. The molecule has 0 bridgehead atoms. The molecule has 23 heavy (non-hydrogen) atoms. The Balaban J connectivity index is 2.13. The zero-order valence-corrected chi connectivity index (χ0v) is 14.2. The molecule has 1 aromatic heterocycles. The molecule has 0 radical (unpaired) electrons. The molecule has 0 saturated carbocycles. The van der Waals surface area contributed by atoms with Crippen LogP contribution in [0.1, 0.15) is 22.8 Å². The van der Waals surface area contributed by atoms with E-state index in [-0.39, 0.29) is 5.91 Å². The summed E-state index contributed by atoms with van der Waals surface area (Å²) in [7, 11) is 1.91. The van der Waals surface area contributed by atoms with Crippen LogP contribution in [0.5, 0.6) is 5.75 Å². The maximum absolute atomic E-state index is 12.5. The minimum Gasteiger partial charge on any atom is -0.492 e. The van der Waals surface area contributed by atoms with Crippen LogP contribution in [-0.2, 0) is 7.05 Å². The van der Waals surface area contributed by atoms with Crippen LogP contribution in [0.3, 0.4) is 0 Å². The second-order valence-electron chi connectivity index (χ2n) is 5.21. The van der Waals surface area contributed by atoms with Crippen molar-refractivity contribution in [3.63, 3.8) is 0 Å². The molecule has 118 valence electrons. The summed E-state index contributed by atoms with van der Waals surface area (Å²) >= 11 is 1.49. The minimum absolute atomic E-state index is 0.219. The van der Waals surface area contributed by atoms with Crippen molar-refractivity contribution < 1.29 is 9.53 Å². The van der Waals surface area contributed by atoms with E-state index < -0.39 is 0 Å². The number of nitrogens with zero attached hydrogens (tertiary/aromatic N) is 2. The second-order valence-corrected chi connectivity index (χ2v) is 6.22. The molecule has 0 fully saturated rings. The number of aryl methyl sites for hydroxylation is 2. The molecular formula is C18H18N2O2S. The Morgan fingerprint density at radius 1 is 1.22 bits per heavy atom. The normalized spacial score (nSPS) is 11.9. The van der Waals surface area contributed by atoms with Gasteiger partial charge < -0.3 is 9.30 Å². The van der Waals surface area contributed by atoms with Gasteiger partial charge in [-0.1, -0.05) is 35.6 Å². The second kappa shape index (κ2) is 6.38. The molecule has 3 rings (SSSR count). The molecule has 0 spiro atoms. The Labute approximate surface area is 138 Å². The van der Waals surface area contributed by atoms with Gasteiger partial charge in [-0.25, -0.2) is 0 Å². The summed E-state index contributed by atoms with van der Waals surface area (Å²) in [4.78, 5) is 17.5.